The predicted molar refractivity (Wildman–Crippen MR) is 82.4 cm³/mol. The van der Waals surface area contributed by atoms with Crippen molar-refractivity contribution in [2.24, 2.45) is 10.6 Å². The van der Waals surface area contributed by atoms with Crippen LogP contribution in [0.5, 0.6) is 0 Å². The van der Waals surface area contributed by atoms with E-state index in [2.05, 4.69) is 57.1 Å². The number of rotatable bonds is 6. The molecule has 1 aromatic rings. The van der Waals surface area contributed by atoms with Crippen molar-refractivity contribution in [2.45, 2.75) is 60.5 Å². The topological polar surface area (TPSA) is 21.6 Å². The Morgan fingerprint density at radius 2 is 1.68 bits per heavy atom. The Hall–Kier alpha value is -1.31. The molecule has 106 valence electrons. The average molecular weight is 261 g/mol. The highest BCUT2D eigenvalue weighted by atomic mass is 16.6. The Morgan fingerprint density at radius 1 is 1.11 bits per heavy atom. The van der Waals surface area contributed by atoms with Crippen LogP contribution in [0.1, 0.15) is 58.6 Å². The van der Waals surface area contributed by atoms with Crippen molar-refractivity contribution >= 4 is 5.71 Å². The monoisotopic (exact) mass is 261 g/mol. The third kappa shape index (κ3) is 7.00. The lowest BCUT2D eigenvalue weighted by Crippen LogP contribution is -2.06. The Kier molecular flexibility index (Phi) is 6.07. The van der Waals surface area contributed by atoms with Gasteiger partial charge in [0, 0.05) is 0 Å². The van der Waals surface area contributed by atoms with Crippen molar-refractivity contribution < 1.29 is 4.84 Å². The fraction of sp³-hybridized carbons (Fsp3) is 0.588. The first kappa shape index (κ1) is 15.7. The third-order valence-electron chi connectivity index (χ3n) is 3.15. The summed E-state index contributed by atoms with van der Waals surface area (Å²) in [6.45, 7) is 11.5. The molecule has 0 aliphatic heterocycles. The highest BCUT2D eigenvalue weighted by Crippen LogP contribution is 2.21. The summed E-state index contributed by atoms with van der Waals surface area (Å²) >= 11 is 0. The van der Waals surface area contributed by atoms with Crippen LogP contribution in [-0.2, 0) is 17.9 Å². The normalized spacial score (nSPS) is 12.6. The molecule has 19 heavy (non-hydrogen) atoms. The van der Waals surface area contributed by atoms with Gasteiger partial charge in [0.25, 0.3) is 0 Å². The molecule has 0 aliphatic carbocycles. The van der Waals surface area contributed by atoms with E-state index in [0.29, 0.717) is 12.0 Å². The molecular weight excluding hydrogens is 234 g/mol. The number of oxime groups is 1. The van der Waals surface area contributed by atoms with Gasteiger partial charge in [-0.15, -0.1) is 0 Å². The van der Waals surface area contributed by atoms with Gasteiger partial charge in [-0.3, -0.25) is 0 Å². The molecule has 0 radical (unpaired) electrons. The van der Waals surface area contributed by atoms with Gasteiger partial charge in [-0.1, -0.05) is 57.1 Å². The van der Waals surface area contributed by atoms with E-state index in [-0.39, 0.29) is 0 Å². The van der Waals surface area contributed by atoms with Crippen LogP contribution in [0.2, 0.25) is 0 Å². The van der Waals surface area contributed by atoms with Crippen molar-refractivity contribution in [1.29, 1.82) is 0 Å². The Labute approximate surface area is 117 Å². The van der Waals surface area contributed by atoms with Gasteiger partial charge in [0.05, 0.1) is 5.71 Å². The molecule has 0 unspecified atom stereocenters. The number of benzene rings is 1. The van der Waals surface area contributed by atoms with Gasteiger partial charge < -0.3 is 4.84 Å². The van der Waals surface area contributed by atoms with Crippen LogP contribution < -0.4 is 0 Å². The number of hydrogen-bond donors (Lipinski definition) is 0. The molecule has 2 heteroatoms. The number of hydrogen-bond acceptors (Lipinski definition) is 2. The van der Waals surface area contributed by atoms with Crippen LogP contribution in [0.4, 0.5) is 0 Å². The van der Waals surface area contributed by atoms with E-state index in [1.165, 1.54) is 17.5 Å². The highest BCUT2D eigenvalue weighted by molar-refractivity contribution is 5.80. The van der Waals surface area contributed by atoms with E-state index in [4.69, 9.17) is 4.84 Å². The van der Waals surface area contributed by atoms with Crippen molar-refractivity contribution in [1.82, 2.24) is 0 Å². The summed E-state index contributed by atoms with van der Waals surface area (Å²) in [5.74, 6) is 0. The largest absolute Gasteiger partial charge is 0.391 e. The summed E-state index contributed by atoms with van der Waals surface area (Å²) in [6, 6.07) is 8.66. The summed E-state index contributed by atoms with van der Waals surface area (Å²) in [5, 5.41) is 4.05. The van der Waals surface area contributed by atoms with Crippen molar-refractivity contribution in [3.05, 3.63) is 35.4 Å². The quantitative estimate of drug-likeness (QED) is 0.523. The van der Waals surface area contributed by atoms with E-state index in [9.17, 15) is 0 Å². The lowest BCUT2D eigenvalue weighted by Gasteiger charge is -2.17. The first-order valence-corrected chi connectivity index (χ1v) is 7.14. The molecule has 0 bridgehead atoms. The summed E-state index contributed by atoms with van der Waals surface area (Å²) in [5.41, 5.74) is 4.00. The molecule has 0 spiro atoms. The molecule has 1 rings (SSSR count). The van der Waals surface area contributed by atoms with Crippen LogP contribution in [-0.4, -0.2) is 5.71 Å². The van der Waals surface area contributed by atoms with Crippen molar-refractivity contribution in [3.8, 4) is 0 Å². The van der Waals surface area contributed by atoms with Crippen LogP contribution in [0, 0.1) is 5.41 Å². The third-order valence-corrected chi connectivity index (χ3v) is 3.15. The summed E-state index contributed by atoms with van der Waals surface area (Å²) in [7, 11) is 0. The summed E-state index contributed by atoms with van der Waals surface area (Å²) in [4.78, 5) is 5.31. The molecule has 0 N–H and O–H groups in total. The van der Waals surface area contributed by atoms with E-state index in [1.54, 1.807) is 0 Å². The maximum Gasteiger partial charge on any atom is 0.142 e. The fourth-order valence-electron chi connectivity index (χ4n) is 1.60. The van der Waals surface area contributed by atoms with Gasteiger partial charge >= 0.3 is 0 Å². The minimum Gasteiger partial charge on any atom is -0.391 e. The summed E-state index contributed by atoms with van der Waals surface area (Å²) in [6.07, 6.45) is 3.28. The Morgan fingerprint density at radius 3 is 2.21 bits per heavy atom. The molecule has 0 saturated carbocycles. The van der Waals surface area contributed by atoms with Crippen LogP contribution in [0.15, 0.2) is 29.4 Å². The lowest BCUT2D eigenvalue weighted by atomic mass is 9.88. The lowest BCUT2D eigenvalue weighted by molar-refractivity contribution is 0.130. The highest BCUT2D eigenvalue weighted by Gasteiger charge is 2.09. The van der Waals surface area contributed by atoms with Crippen molar-refractivity contribution in [2.75, 3.05) is 0 Å². The molecule has 0 heterocycles. The van der Waals surface area contributed by atoms with E-state index in [1.807, 2.05) is 6.92 Å². The zero-order chi connectivity index (χ0) is 14.3. The van der Waals surface area contributed by atoms with Gasteiger partial charge in [-0.05, 0) is 42.7 Å². The average Bonchev–Trinajstić information content (AvgIpc) is 2.36. The van der Waals surface area contributed by atoms with Gasteiger partial charge in [0.2, 0.25) is 0 Å². The molecule has 0 aromatic heterocycles. The molecular formula is C17H27NO. The fourth-order valence-corrected chi connectivity index (χ4v) is 1.60. The van der Waals surface area contributed by atoms with Gasteiger partial charge in [0.15, 0.2) is 0 Å². The minimum absolute atomic E-state index is 0.397. The molecule has 0 fully saturated rings. The molecule has 0 amide bonds. The van der Waals surface area contributed by atoms with Crippen LogP contribution in [0.25, 0.3) is 0 Å². The second kappa shape index (κ2) is 7.32. The summed E-state index contributed by atoms with van der Waals surface area (Å²) < 4.78 is 0. The van der Waals surface area contributed by atoms with E-state index < -0.39 is 0 Å². The standard InChI is InChI=1S/C17H27NO/c1-6-14(2)18-19-13-16-9-7-15(8-10-16)11-12-17(3,4)5/h7-10H,6,11-13H2,1-5H3/b18-14+. The molecule has 2 nitrogen and oxygen atoms in total. The first-order chi connectivity index (χ1) is 8.90. The predicted octanol–water partition coefficient (Wildman–Crippen LogP) is 4.97. The van der Waals surface area contributed by atoms with Gasteiger partial charge in [0.1, 0.15) is 6.61 Å². The van der Waals surface area contributed by atoms with E-state index >= 15 is 0 Å². The van der Waals surface area contributed by atoms with Crippen molar-refractivity contribution in [3.63, 3.8) is 0 Å². The first-order valence-electron chi connectivity index (χ1n) is 7.14. The van der Waals surface area contributed by atoms with Crippen LogP contribution in [0.3, 0.4) is 0 Å². The van der Waals surface area contributed by atoms with Crippen LogP contribution >= 0.6 is 0 Å². The second-order valence-corrected chi connectivity index (χ2v) is 6.33. The Balaban J connectivity index is 2.43. The van der Waals surface area contributed by atoms with Gasteiger partial charge in [-0.2, -0.15) is 0 Å². The maximum absolute atomic E-state index is 5.31. The van der Waals surface area contributed by atoms with E-state index in [0.717, 1.165) is 18.6 Å². The second-order valence-electron chi connectivity index (χ2n) is 6.33. The minimum atomic E-state index is 0.397. The molecule has 0 atom stereocenters. The maximum atomic E-state index is 5.31. The SMILES string of the molecule is CC/C(C)=N/OCc1ccc(CCC(C)(C)C)cc1. The molecule has 0 saturated heterocycles. The zero-order valence-corrected chi connectivity index (χ0v) is 13.0. The zero-order valence-electron chi connectivity index (χ0n) is 13.0. The number of nitrogens with zero attached hydrogens (tertiary/aromatic N) is 1. The molecule has 1 aromatic carbocycles. The number of aryl methyl sites for hydroxylation is 1. The molecule has 0 aliphatic rings. The smallest absolute Gasteiger partial charge is 0.142 e. The Bertz CT molecular complexity index is 398. The van der Waals surface area contributed by atoms with Gasteiger partial charge in [-0.25, -0.2) is 0 Å².